The Kier molecular flexibility index (Phi) is 12.3. The van der Waals surface area contributed by atoms with E-state index in [0.717, 1.165) is 13.1 Å². The van der Waals surface area contributed by atoms with E-state index in [1.54, 1.807) is 0 Å². The van der Waals surface area contributed by atoms with Gasteiger partial charge in [-0.1, -0.05) is 14.9 Å². The van der Waals surface area contributed by atoms with Gasteiger partial charge in [0.2, 0.25) is 0 Å². The molecule has 0 fully saturated rings. The lowest BCUT2D eigenvalue weighted by molar-refractivity contribution is -0.413. The predicted octanol–water partition coefficient (Wildman–Crippen LogP) is 0.289. The van der Waals surface area contributed by atoms with Crippen LogP contribution < -0.4 is 11.5 Å². The first kappa shape index (κ1) is 20.3. The van der Waals surface area contributed by atoms with E-state index in [0.29, 0.717) is 0 Å². The van der Waals surface area contributed by atoms with Crippen LogP contribution in [0.3, 0.4) is 0 Å². The molecule has 0 rings (SSSR count). The van der Waals surface area contributed by atoms with E-state index >= 15 is 0 Å². The molecule has 0 aliphatic rings. The Morgan fingerprint density at radius 2 is 1.20 bits per heavy atom. The molecule has 15 heavy (non-hydrogen) atoms. The maximum atomic E-state index is 5.65. The Balaban J connectivity index is -0.000000720. The molecule has 2 unspecified atom stereocenters. The third-order valence-electron chi connectivity index (χ3n) is 1.78. The third-order valence-corrected chi connectivity index (χ3v) is 1.78. The van der Waals surface area contributed by atoms with Crippen LogP contribution in [-0.2, 0) is 9.47 Å². The molecule has 0 spiro atoms. The van der Waals surface area contributed by atoms with Crippen LogP contribution in [0.15, 0.2) is 0 Å². The lowest BCUT2D eigenvalue weighted by Gasteiger charge is -2.30. The van der Waals surface area contributed by atoms with Gasteiger partial charge >= 0.3 is 0 Å². The number of hydrogen-bond donors (Lipinski definition) is 2. The van der Waals surface area contributed by atoms with Crippen molar-refractivity contribution < 1.29 is 20.9 Å². The lowest BCUT2D eigenvalue weighted by Crippen LogP contribution is -2.58. The summed E-state index contributed by atoms with van der Waals surface area (Å²) in [7, 11) is 0. The van der Waals surface area contributed by atoms with Gasteiger partial charge < -0.3 is 20.9 Å². The van der Waals surface area contributed by atoms with Crippen molar-refractivity contribution in [1.29, 1.82) is 0 Å². The smallest absolute Gasteiger partial charge is 0.164 e. The van der Waals surface area contributed by atoms with Gasteiger partial charge in [0.05, 0.1) is 0 Å². The molecule has 0 aliphatic heterocycles. The first-order valence-corrected chi connectivity index (χ1v) is 4.85. The summed E-state index contributed by atoms with van der Waals surface area (Å²) in [6, 6.07) is 0. The molecule has 96 valence electrons. The standard InChI is InChI=1S/C9H22N2O2.2CH4/c1-7(5-10)12-9(3,4)13-8(2)6-11;;/h7-8H,5-6,10-11H2,1-4H3;2*1H4/p+2. The summed E-state index contributed by atoms with van der Waals surface area (Å²) in [5.41, 5.74) is 7.55. The van der Waals surface area contributed by atoms with E-state index in [-0.39, 0.29) is 27.1 Å². The molecule has 0 aliphatic carbocycles. The van der Waals surface area contributed by atoms with Crippen LogP contribution in [0.1, 0.15) is 42.5 Å². The predicted molar refractivity (Wildman–Crippen MR) is 64.1 cm³/mol. The molecule has 0 amide bonds. The highest BCUT2D eigenvalue weighted by Gasteiger charge is 2.24. The van der Waals surface area contributed by atoms with Crippen molar-refractivity contribution in [2.24, 2.45) is 0 Å². The van der Waals surface area contributed by atoms with Crippen LogP contribution in [0.4, 0.5) is 0 Å². The molecule has 0 saturated heterocycles. The molecule has 0 saturated carbocycles. The minimum Gasteiger partial charge on any atom is -0.355 e. The number of hydrogen-bond acceptors (Lipinski definition) is 2. The van der Waals surface area contributed by atoms with Crippen LogP contribution in [0.25, 0.3) is 0 Å². The van der Waals surface area contributed by atoms with E-state index < -0.39 is 5.79 Å². The molecule has 2 atom stereocenters. The second kappa shape index (κ2) is 9.09. The summed E-state index contributed by atoms with van der Waals surface area (Å²) in [5, 5.41) is 0. The monoisotopic (exact) mass is 224 g/mol. The molecule has 6 N–H and O–H groups in total. The van der Waals surface area contributed by atoms with Gasteiger partial charge in [-0.15, -0.1) is 0 Å². The average molecular weight is 224 g/mol. The maximum absolute atomic E-state index is 5.65. The summed E-state index contributed by atoms with van der Waals surface area (Å²) in [5.74, 6) is -0.534. The molecule has 4 heteroatoms. The Labute approximate surface area is 95.3 Å². The molecular formula is C11H32N2O2+2. The van der Waals surface area contributed by atoms with Crippen LogP contribution in [0.5, 0.6) is 0 Å². The normalized spacial score (nSPS) is 14.8. The summed E-state index contributed by atoms with van der Waals surface area (Å²) in [6.45, 7) is 9.34. The summed E-state index contributed by atoms with van der Waals surface area (Å²) in [6.07, 6.45) is 0.263. The highest BCUT2D eigenvalue weighted by molar-refractivity contribution is 4.60. The van der Waals surface area contributed by atoms with E-state index in [1.165, 1.54) is 0 Å². The van der Waals surface area contributed by atoms with Crippen molar-refractivity contribution in [3.63, 3.8) is 0 Å². The second-order valence-corrected chi connectivity index (χ2v) is 3.83. The molecule has 0 heterocycles. The zero-order valence-electron chi connectivity index (χ0n) is 9.30. The Bertz CT molecular complexity index is 127. The quantitative estimate of drug-likeness (QED) is 0.636. The fourth-order valence-electron chi connectivity index (χ4n) is 1.11. The maximum Gasteiger partial charge on any atom is 0.164 e. The zero-order chi connectivity index (χ0) is 10.5. The van der Waals surface area contributed by atoms with Gasteiger partial charge in [-0.2, -0.15) is 0 Å². The van der Waals surface area contributed by atoms with Crippen molar-refractivity contribution in [3.05, 3.63) is 0 Å². The molecule has 0 bridgehead atoms. The third kappa shape index (κ3) is 10.1. The highest BCUT2D eigenvalue weighted by Crippen LogP contribution is 2.15. The van der Waals surface area contributed by atoms with Gasteiger partial charge in [-0.3, -0.25) is 0 Å². The SMILES string of the molecule is C.C.CC(C[NH3+])OC(C)(C)OC(C)C[NH3+]. The number of quaternary nitrogens is 2. The van der Waals surface area contributed by atoms with Crippen LogP contribution in [-0.4, -0.2) is 31.1 Å². The van der Waals surface area contributed by atoms with Crippen LogP contribution in [0.2, 0.25) is 0 Å². The summed E-state index contributed by atoms with van der Waals surface area (Å²) < 4.78 is 11.3. The van der Waals surface area contributed by atoms with Gasteiger partial charge in [-0.05, 0) is 27.7 Å². The molecule has 0 radical (unpaired) electrons. The van der Waals surface area contributed by atoms with Crippen LogP contribution >= 0.6 is 0 Å². The summed E-state index contributed by atoms with van der Waals surface area (Å²) in [4.78, 5) is 0. The van der Waals surface area contributed by atoms with E-state index in [4.69, 9.17) is 9.47 Å². The number of ether oxygens (including phenoxy) is 2. The minimum absolute atomic E-state index is 0. The fourth-order valence-corrected chi connectivity index (χ4v) is 1.11. The van der Waals surface area contributed by atoms with Gasteiger partial charge in [0.1, 0.15) is 25.3 Å². The van der Waals surface area contributed by atoms with E-state index in [1.807, 2.05) is 27.7 Å². The van der Waals surface area contributed by atoms with Crippen molar-refractivity contribution in [2.75, 3.05) is 13.1 Å². The molecule has 0 aromatic rings. The average Bonchev–Trinajstić information content (AvgIpc) is 2.02. The Hall–Kier alpha value is -0.160. The molecule has 0 aromatic carbocycles. The first-order chi connectivity index (χ1) is 5.91. The van der Waals surface area contributed by atoms with Gasteiger partial charge in [0.25, 0.3) is 0 Å². The van der Waals surface area contributed by atoms with Gasteiger partial charge in [-0.25, -0.2) is 0 Å². The molecule has 4 nitrogen and oxygen atoms in total. The zero-order valence-corrected chi connectivity index (χ0v) is 9.30. The lowest BCUT2D eigenvalue weighted by atomic mass is 10.3. The molecular weight excluding hydrogens is 192 g/mol. The van der Waals surface area contributed by atoms with Gasteiger partial charge in [0, 0.05) is 0 Å². The van der Waals surface area contributed by atoms with Crippen molar-refractivity contribution in [1.82, 2.24) is 0 Å². The number of rotatable bonds is 6. The van der Waals surface area contributed by atoms with Crippen LogP contribution in [0, 0.1) is 0 Å². The fraction of sp³-hybridized carbons (Fsp3) is 1.00. The van der Waals surface area contributed by atoms with Crippen molar-refractivity contribution in [3.8, 4) is 0 Å². The van der Waals surface area contributed by atoms with E-state index in [2.05, 4.69) is 11.5 Å². The highest BCUT2D eigenvalue weighted by atomic mass is 16.7. The minimum atomic E-state index is -0.534. The summed E-state index contributed by atoms with van der Waals surface area (Å²) >= 11 is 0. The largest absolute Gasteiger partial charge is 0.355 e. The first-order valence-electron chi connectivity index (χ1n) is 4.85. The van der Waals surface area contributed by atoms with Crippen molar-refractivity contribution >= 4 is 0 Å². The Morgan fingerprint density at radius 1 is 0.933 bits per heavy atom. The second-order valence-electron chi connectivity index (χ2n) is 3.83. The van der Waals surface area contributed by atoms with Gasteiger partial charge in [0.15, 0.2) is 5.79 Å². The Morgan fingerprint density at radius 3 is 1.40 bits per heavy atom. The van der Waals surface area contributed by atoms with Crippen molar-refractivity contribution in [2.45, 2.75) is 60.5 Å². The topological polar surface area (TPSA) is 73.7 Å². The molecule has 0 aromatic heterocycles. The van der Waals surface area contributed by atoms with E-state index in [9.17, 15) is 0 Å².